The van der Waals surface area contributed by atoms with Gasteiger partial charge in [0.2, 0.25) is 0 Å². The topological polar surface area (TPSA) is 59.8 Å². The fraction of sp³-hybridized carbons (Fsp3) is 0.214. The van der Waals surface area contributed by atoms with Crippen molar-refractivity contribution in [3.63, 3.8) is 0 Å². The highest BCUT2D eigenvalue weighted by atomic mass is 16.5. The Kier molecular flexibility index (Phi) is 6.39. The average Bonchev–Trinajstić information content (AvgIpc) is 3.39. The maximum Gasteiger partial charge on any atom is 0.272 e. The second kappa shape index (κ2) is 9.93. The molecule has 0 spiro atoms. The largest absolute Gasteiger partial charge is 0.497 e. The molecule has 0 atom stereocenters. The van der Waals surface area contributed by atoms with Gasteiger partial charge in [-0.1, -0.05) is 42.5 Å². The zero-order valence-electron chi connectivity index (χ0n) is 19.9. The highest BCUT2D eigenvalue weighted by Crippen LogP contribution is 2.29. The predicted octanol–water partition coefficient (Wildman–Crippen LogP) is 4.52. The van der Waals surface area contributed by atoms with Gasteiger partial charge in [0.15, 0.2) is 0 Å². The maximum absolute atomic E-state index is 13.7. The fourth-order valence-corrected chi connectivity index (χ4v) is 4.43. The number of hydrogen-bond acceptors (Lipinski definition) is 5. The van der Waals surface area contributed by atoms with E-state index in [1.54, 1.807) is 18.9 Å². The SMILES string of the molecule is COc1cccc(-c2cc(C(=O)N3CCN(c4ccccc4OC)CC3)n(-c3ccccc3)n2)c1. The number of piperazine rings is 1. The number of rotatable bonds is 6. The van der Waals surface area contributed by atoms with Crippen LogP contribution in [-0.4, -0.2) is 61.0 Å². The summed E-state index contributed by atoms with van der Waals surface area (Å²) in [6, 6.07) is 27.3. The van der Waals surface area contributed by atoms with E-state index in [2.05, 4.69) is 11.0 Å². The van der Waals surface area contributed by atoms with Crippen molar-refractivity contribution < 1.29 is 14.3 Å². The van der Waals surface area contributed by atoms with Crippen LogP contribution in [-0.2, 0) is 0 Å². The van der Waals surface area contributed by atoms with Crippen LogP contribution < -0.4 is 14.4 Å². The molecule has 1 aliphatic rings. The van der Waals surface area contributed by atoms with Crippen molar-refractivity contribution >= 4 is 11.6 Å². The number of aromatic nitrogens is 2. The van der Waals surface area contributed by atoms with Gasteiger partial charge in [-0.2, -0.15) is 5.10 Å². The first kappa shape index (κ1) is 22.5. The predicted molar refractivity (Wildman–Crippen MR) is 137 cm³/mol. The van der Waals surface area contributed by atoms with E-state index in [1.807, 2.05) is 83.8 Å². The van der Waals surface area contributed by atoms with Gasteiger partial charge in [-0.3, -0.25) is 4.79 Å². The molecule has 2 heterocycles. The summed E-state index contributed by atoms with van der Waals surface area (Å²) in [5.41, 5.74) is 4.06. The molecule has 1 aromatic heterocycles. The summed E-state index contributed by atoms with van der Waals surface area (Å²) in [5.74, 6) is 1.56. The van der Waals surface area contributed by atoms with Crippen molar-refractivity contribution in [1.82, 2.24) is 14.7 Å². The maximum atomic E-state index is 13.7. The molecule has 5 rings (SSSR count). The van der Waals surface area contributed by atoms with Crippen LogP contribution in [0.25, 0.3) is 16.9 Å². The highest BCUT2D eigenvalue weighted by Gasteiger charge is 2.27. The van der Waals surface area contributed by atoms with Crippen LogP contribution in [0.2, 0.25) is 0 Å². The molecule has 0 N–H and O–H groups in total. The summed E-state index contributed by atoms with van der Waals surface area (Å²) in [5, 5.41) is 4.81. The summed E-state index contributed by atoms with van der Waals surface area (Å²) in [4.78, 5) is 17.9. The first-order valence-corrected chi connectivity index (χ1v) is 11.6. The minimum atomic E-state index is -0.0322. The van der Waals surface area contributed by atoms with Crippen LogP contribution in [0.15, 0.2) is 84.9 Å². The molecule has 0 saturated carbocycles. The van der Waals surface area contributed by atoms with Gasteiger partial charge >= 0.3 is 0 Å². The second-order valence-electron chi connectivity index (χ2n) is 8.35. The van der Waals surface area contributed by atoms with Crippen LogP contribution in [0.3, 0.4) is 0 Å². The van der Waals surface area contributed by atoms with Gasteiger partial charge in [0.25, 0.3) is 5.91 Å². The van der Waals surface area contributed by atoms with Gasteiger partial charge in [-0.25, -0.2) is 4.68 Å². The summed E-state index contributed by atoms with van der Waals surface area (Å²) in [7, 11) is 3.32. The third-order valence-corrected chi connectivity index (χ3v) is 6.29. The first-order valence-electron chi connectivity index (χ1n) is 11.6. The van der Waals surface area contributed by atoms with Crippen molar-refractivity contribution in [1.29, 1.82) is 0 Å². The molecule has 3 aromatic carbocycles. The molecule has 7 heteroatoms. The van der Waals surface area contributed by atoms with Gasteiger partial charge in [-0.05, 0) is 42.5 Å². The normalized spacial score (nSPS) is 13.5. The number of anilines is 1. The Hall–Kier alpha value is -4.26. The number of carbonyl (C=O) groups excluding carboxylic acids is 1. The molecule has 0 radical (unpaired) electrons. The van der Waals surface area contributed by atoms with Crippen LogP contribution in [0.1, 0.15) is 10.5 Å². The van der Waals surface area contributed by atoms with Crippen LogP contribution in [0, 0.1) is 0 Å². The first-order chi connectivity index (χ1) is 17.2. The number of ether oxygens (including phenoxy) is 2. The lowest BCUT2D eigenvalue weighted by Gasteiger charge is -2.36. The minimum Gasteiger partial charge on any atom is -0.497 e. The Bertz CT molecular complexity index is 1310. The molecule has 1 aliphatic heterocycles. The smallest absolute Gasteiger partial charge is 0.272 e. The number of benzene rings is 3. The van der Waals surface area contributed by atoms with E-state index in [1.165, 1.54) is 0 Å². The molecular weight excluding hydrogens is 440 g/mol. The van der Waals surface area contributed by atoms with Crippen molar-refractivity contribution in [3.05, 3.63) is 90.6 Å². The van der Waals surface area contributed by atoms with Crippen molar-refractivity contribution in [2.45, 2.75) is 0 Å². The summed E-state index contributed by atoms with van der Waals surface area (Å²) in [6.45, 7) is 2.69. The Morgan fingerprint density at radius 2 is 1.54 bits per heavy atom. The quantitative estimate of drug-likeness (QED) is 0.417. The molecule has 4 aromatic rings. The Morgan fingerprint density at radius 3 is 2.29 bits per heavy atom. The monoisotopic (exact) mass is 468 g/mol. The lowest BCUT2D eigenvalue weighted by Crippen LogP contribution is -2.49. The zero-order valence-corrected chi connectivity index (χ0v) is 19.9. The van der Waals surface area contributed by atoms with Crippen LogP contribution in [0.4, 0.5) is 5.69 Å². The molecule has 1 amide bonds. The lowest BCUT2D eigenvalue weighted by atomic mass is 10.1. The fourth-order valence-electron chi connectivity index (χ4n) is 4.43. The number of hydrogen-bond donors (Lipinski definition) is 0. The van der Waals surface area contributed by atoms with Gasteiger partial charge in [0.05, 0.1) is 31.3 Å². The Balaban J connectivity index is 1.42. The molecule has 1 saturated heterocycles. The van der Waals surface area contributed by atoms with Gasteiger partial charge in [-0.15, -0.1) is 0 Å². The number of nitrogens with zero attached hydrogens (tertiary/aromatic N) is 4. The number of amides is 1. The lowest BCUT2D eigenvalue weighted by molar-refractivity contribution is 0.0737. The third kappa shape index (κ3) is 4.57. The molecule has 0 aliphatic carbocycles. The van der Waals surface area contributed by atoms with Crippen molar-refractivity contribution in [3.8, 4) is 28.4 Å². The number of para-hydroxylation sites is 3. The van der Waals surface area contributed by atoms with E-state index >= 15 is 0 Å². The van der Waals surface area contributed by atoms with Gasteiger partial charge in [0, 0.05) is 31.7 Å². The number of carbonyl (C=O) groups is 1. The molecule has 0 unspecified atom stereocenters. The van der Waals surface area contributed by atoms with Crippen LogP contribution >= 0.6 is 0 Å². The molecule has 35 heavy (non-hydrogen) atoms. The number of methoxy groups -OCH3 is 2. The summed E-state index contributed by atoms with van der Waals surface area (Å²) >= 11 is 0. The van der Waals surface area contributed by atoms with Gasteiger partial charge < -0.3 is 19.3 Å². The highest BCUT2D eigenvalue weighted by molar-refractivity contribution is 5.94. The van der Waals surface area contributed by atoms with E-state index in [0.29, 0.717) is 18.8 Å². The van der Waals surface area contributed by atoms with Crippen molar-refractivity contribution in [2.24, 2.45) is 0 Å². The standard InChI is InChI=1S/C28H28N4O3/c1-34-23-12-8-9-21(19-23)24-20-26(32(29-24)22-10-4-3-5-11-22)28(33)31-17-15-30(16-18-31)25-13-6-7-14-27(25)35-2/h3-14,19-20H,15-18H2,1-2H3. The minimum absolute atomic E-state index is 0.0322. The average molecular weight is 469 g/mol. The van der Waals surface area contributed by atoms with E-state index in [-0.39, 0.29) is 5.91 Å². The molecule has 7 nitrogen and oxygen atoms in total. The van der Waals surface area contributed by atoms with E-state index in [9.17, 15) is 4.79 Å². The van der Waals surface area contributed by atoms with E-state index < -0.39 is 0 Å². The molecule has 1 fully saturated rings. The van der Waals surface area contributed by atoms with E-state index in [0.717, 1.165) is 47.2 Å². The Morgan fingerprint density at radius 1 is 0.800 bits per heavy atom. The third-order valence-electron chi connectivity index (χ3n) is 6.29. The Labute approximate surface area is 205 Å². The zero-order chi connectivity index (χ0) is 24.2. The molecule has 0 bridgehead atoms. The second-order valence-corrected chi connectivity index (χ2v) is 8.35. The van der Waals surface area contributed by atoms with Gasteiger partial charge in [0.1, 0.15) is 17.2 Å². The molecular formula is C28H28N4O3. The van der Waals surface area contributed by atoms with Crippen molar-refractivity contribution in [2.75, 3.05) is 45.3 Å². The molecule has 178 valence electrons. The van der Waals surface area contributed by atoms with Crippen LogP contribution in [0.5, 0.6) is 11.5 Å². The summed E-state index contributed by atoms with van der Waals surface area (Å²) in [6.07, 6.45) is 0. The summed E-state index contributed by atoms with van der Waals surface area (Å²) < 4.78 is 12.6. The van der Waals surface area contributed by atoms with E-state index in [4.69, 9.17) is 14.6 Å².